The van der Waals surface area contributed by atoms with Crippen molar-refractivity contribution in [2.24, 2.45) is 0 Å². The van der Waals surface area contributed by atoms with E-state index in [1.54, 1.807) is 24.3 Å². The van der Waals surface area contributed by atoms with Crippen molar-refractivity contribution in [1.29, 1.82) is 0 Å². The van der Waals surface area contributed by atoms with E-state index < -0.39 is 10.8 Å². The van der Waals surface area contributed by atoms with E-state index >= 15 is 0 Å². The van der Waals surface area contributed by atoms with Gasteiger partial charge >= 0.3 is 0 Å². The Kier molecular flexibility index (Phi) is 3.92. The van der Waals surface area contributed by atoms with Gasteiger partial charge in [-0.05, 0) is 42.0 Å². The van der Waals surface area contributed by atoms with Gasteiger partial charge in [0.05, 0.1) is 16.6 Å². The van der Waals surface area contributed by atoms with Crippen LogP contribution in [0.3, 0.4) is 0 Å². The fourth-order valence-corrected chi connectivity index (χ4v) is 2.63. The second-order valence-corrected chi connectivity index (χ2v) is 5.46. The second kappa shape index (κ2) is 5.43. The summed E-state index contributed by atoms with van der Waals surface area (Å²) in [6, 6.07) is 12.9. The van der Waals surface area contributed by atoms with Gasteiger partial charge in [-0.3, -0.25) is 4.21 Å². The van der Waals surface area contributed by atoms with Crippen molar-refractivity contribution in [3.63, 3.8) is 0 Å². The molecule has 1 atom stereocenters. The predicted octanol–water partition coefficient (Wildman–Crippen LogP) is 3.79. The minimum atomic E-state index is -1.16. The Morgan fingerprint density at radius 3 is 2.18 bits per heavy atom. The molecule has 0 N–H and O–H groups in total. The van der Waals surface area contributed by atoms with Gasteiger partial charge in [0.15, 0.2) is 0 Å². The molecule has 1 unspecified atom stereocenters. The molecule has 2 aromatic carbocycles. The fourth-order valence-electron chi connectivity index (χ4n) is 1.40. The van der Waals surface area contributed by atoms with Crippen molar-refractivity contribution in [2.45, 2.75) is 10.6 Å². The average Bonchev–Trinajstić information content (AvgIpc) is 2.33. The summed E-state index contributed by atoms with van der Waals surface area (Å²) >= 11 is 5.77. The van der Waals surface area contributed by atoms with Crippen LogP contribution in [0.25, 0.3) is 0 Å². The third kappa shape index (κ3) is 3.38. The first-order chi connectivity index (χ1) is 8.15. The smallest absolute Gasteiger partial charge is 0.123 e. The highest BCUT2D eigenvalue weighted by Crippen LogP contribution is 2.15. The zero-order chi connectivity index (χ0) is 12.3. The molecule has 2 rings (SSSR count). The maximum absolute atomic E-state index is 12.7. The summed E-state index contributed by atoms with van der Waals surface area (Å²) in [4.78, 5) is 0.626. The summed E-state index contributed by atoms with van der Waals surface area (Å²) in [7, 11) is -1.16. The summed E-state index contributed by atoms with van der Waals surface area (Å²) in [6.45, 7) is 0. The lowest BCUT2D eigenvalue weighted by molar-refractivity contribution is 0.626. The standard InChI is InChI=1S/C13H10ClFOS/c14-11-3-1-10(2-4-11)9-17(16)13-7-5-12(15)6-8-13/h1-8H,9H2. The molecule has 0 heterocycles. The second-order valence-electron chi connectivity index (χ2n) is 3.57. The first kappa shape index (κ1) is 12.3. The van der Waals surface area contributed by atoms with Crippen LogP contribution in [-0.2, 0) is 16.6 Å². The number of hydrogen-bond acceptors (Lipinski definition) is 1. The molecule has 88 valence electrons. The van der Waals surface area contributed by atoms with Crippen molar-refractivity contribution < 1.29 is 8.60 Å². The van der Waals surface area contributed by atoms with E-state index in [2.05, 4.69) is 0 Å². The summed E-state index contributed by atoms with van der Waals surface area (Å²) in [5, 5.41) is 0.654. The van der Waals surface area contributed by atoms with E-state index in [4.69, 9.17) is 11.6 Å². The van der Waals surface area contributed by atoms with Crippen LogP contribution in [-0.4, -0.2) is 4.21 Å². The Labute approximate surface area is 107 Å². The summed E-state index contributed by atoms with van der Waals surface area (Å²) in [6.07, 6.45) is 0. The lowest BCUT2D eigenvalue weighted by Crippen LogP contribution is -1.96. The van der Waals surface area contributed by atoms with E-state index in [0.717, 1.165) is 5.56 Å². The molecule has 2 aromatic rings. The monoisotopic (exact) mass is 268 g/mol. The van der Waals surface area contributed by atoms with Gasteiger partial charge in [0, 0.05) is 9.92 Å². The average molecular weight is 269 g/mol. The normalized spacial score (nSPS) is 12.4. The Bertz CT molecular complexity index is 522. The van der Waals surface area contributed by atoms with Crippen LogP contribution in [0, 0.1) is 5.82 Å². The summed E-state index contributed by atoms with van der Waals surface area (Å²) < 4.78 is 24.7. The van der Waals surface area contributed by atoms with Crippen LogP contribution in [0.15, 0.2) is 53.4 Å². The van der Waals surface area contributed by atoms with Gasteiger partial charge in [0.25, 0.3) is 0 Å². The topological polar surface area (TPSA) is 17.1 Å². The zero-order valence-corrected chi connectivity index (χ0v) is 10.5. The Balaban J connectivity index is 2.11. The van der Waals surface area contributed by atoms with Crippen LogP contribution in [0.1, 0.15) is 5.56 Å². The number of hydrogen-bond donors (Lipinski definition) is 0. The number of benzene rings is 2. The Morgan fingerprint density at radius 1 is 1.00 bits per heavy atom. The van der Waals surface area contributed by atoms with Crippen LogP contribution >= 0.6 is 11.6 Å². The quantitative estimate of drug-likeness (QED) is 0.828. The van der Waals surface area contributed by atoms with E-state index in [-0.39, 0.29) is 5.82 Å². The zero-order valence-electron chi connectivity index (χ0n) is 8.90. The minimum absolute atomic E-state index is 0.322. The third-order valence-corrected chi connectivity index (χ3v) is 3.93. The molecule has 0 radical (unpaired) electrons. The molecule has 0 bridgehead atoms. The summed E-state index contributed by atoms with van der Waals surface area (Å²) in [5.74, 6) is 0.0836. The molecule has 0 aliphatic carbocycles. The van der Waals surface area contributed by atoms with Crippen molar-refractivity contribution in [1.82, 2.24) is 0 Å². The van der Waals surface area contributed by atoms with Crippen LogP contribution in [0.2, 0.25) is 5.02 Å². The molecule has 0 amide bonds. The van der Waals surface area contributed by atoms with Crippen molar-refractivity contribution in [3.05, 3.63) is 64.9 Å². The largest absolute Gasteiger partial charge is 0.254 e. The van der Waals surface area contributed by atoms with Crippen LogP contribution in [0.4, 0.5) is 4.39 Å². The van der Waals surface area contributed by atoms with E-state index in [1.807, 2.05) is 12.1 Å². The first-order valence-corrected chi connectivity index (χ1v) is 6.73. The van der Waals surface area contributed by atoms with E-state index in [0.29, 0.717) is 15.7 Å². The lowest BCUT2D eigenvalue weighted by Gasteiger charge is -2.02. The Morgan fingerprint density at radius 2 is 1.59 bits per heavy atom. The molecule has 1 nitrogen and oxygen atoms in total. The first-order valence-electron chi connectivity index (χ1n) is 5.03. The maximum atomic E-state index is 12.7. The SMILES string of the molecule is O=S(Cc1ccc(Cl)cc1)c1ccc(F)cc1. The van der Waals surface area contributed by atoms with Gasteiger partial charge in [-0.25, -0.2) is 4.39 Å². The molecular weight excluding hydrogens is 259 g/mol. The van der Waals surface area contributed by atoms with Crippen molar-refractivity contribution >= 4 is 22.4 Å². The molecule has 0 fully saturated rings. The van der Waals surface area contributed by atoms with Gasteiger partial charge in [-0.1, -0.05) is 23.7 Å². The highest BCUT2D eigenvalue weighted by atomic mass is 35.5. The highest BCUT2D eigenvalue weighted by molar-refractivity contribution is 7.84. The molecule has 4 heteroatoms. The highest BCUT2D eigenvalue weighted by Gasteiger charge is 2.05. The predicted molar refractivity (Wildman–Crippen MR) is 68.0 cm³/mol. The number of rotatable bonds is 3. The van der Waals surface area contributed by atoms with Gasteiger partial charge in [-0.2, -0.15) is 0 Å². The molecule has 0 aliphatic heterocycles. The van der Waals surface area contributed by atoms with E-state index in [9.17, 15) is 8.60 Å². The van der Waals surface area contributed by atoms with Crippen molar-refractivity contribution in [3.8, 4) is 0 Å². The fraction of sp³-hybridized carbons (Fsp3) is 0.0769. The maximum Gasteiger partial charge on any atom is 0.123 e. The van der Waals surface area contributed by atoms with Gasteiger partial charge in [0.2, 0.25) is 0 Å². The van der Waals surface area contributed by atoms with E-state index in [1.165, 1.54) is 12.1 Å². The molecule has 0 saturated carbocycles. The third-order valence-electron chi connectivity index (χ3n) is 2.29. The molecule has 0 aliphatic rings. The Hall–Kier alpha value is -1.19. The lowest BCUT2D eigenvalue weighted by atomic mass is 10.2. The van der Waals surface area contributed by atoms with Crippen molar-refractivity contribution in [2.75, 3.05) is 0 Å². The molecule has 17 heavy (non-hydrogen) atoms. The molecular formula is C13H10ClFOS. The minimum Gasteiger partial charge on any atom is -0.254 e. The number of halogens is 2. The molecule has 0 aromatic heterocycles. The summed E-state index contributed by atoms with van der Waals surface area (Å²) in [5.41, 5.74) is 0.942. The van der Waals surface area contributed by atoms with Gasteiger partial charge < -0.3 is 0 Å². The molecule has 0 spiro atoms. The van der Waals surface area contributed by atoms with Gasteiger partial charge in [-0.15, -0.1) is 0 Å². The van der Waals surface area contributed by atoms with Crippen LogP contribution in [0.5, 0.6) is 0 Å². The molecule has 0 saturated heterocycles. The van der Waals surface area contributed by atoms with Gasteiger partial charge in [0.1, 0.15) is 5.82 Å². The van der Waals surface area contributed by atoms with Crippen LogP contribution < -0.4 is 0 Å².